The first kappa shape index (κ1) is 14.0. The van der Waals surface area contributed by atoms with Gasteiger partial charge in [0.25, 0.3) is 5.88 Å². The number of methoxy groups -OCH3 is 1. The van der Waals surface area contributed by atoms with Crippen LogP contribution >= 0.6 is 0 Å². The Morgan fingerprint density at radius 2 is 1.90 bits per heavy atom. The van der Waals surface area contributed by atoms with E-state index in [0.29, 0.717) is 5.75 Å². The van der Waals surface area contributed by atoms with E-state index in [9.17, 15) is 13.2 Å². The maximum Gasteiger partial charge on any atom is 0.416 e. The molecule has 0 aliphatic rings. The Labute approximate surface area is 113 Å². The van der Waals surface area contributed by atoms with Crippen LogP contribution in [-0.2, 0) is 6.18 Å². The molecule has 106 valence electrons. The van der Waals surface area contributed by atoms with Crippen LogP contribution < -0.4 is 15.2 Å². The molecule has 1 aromatic carbocycles. The Kier molecular flexibility index (Phi) is 3.69. The highest BCUT2D eigenvalue weighted by Crippen LogP contribution is 2.36. The third kappa shape index (κ3) is 2.93. The molecule has 4 nitrogen and oxygen atoms in total. The molecule has 2 N–H and O–H groups in total. The van der Waals surface area contributed by atoms with Crippen LogP contribution in [0, 0.1) is 0 Å². The van der Waals surface area contributed by atoms with Gasteiger partial charge in [0.2, 0.25) is 0 Å². The Bertz CT molecular complexity index is 615. The molecule has 0 fully saturated rings. The lowest BCUT2D eigenvalue weighted by molar-refractivity contribution is -0.137. The van der Waals surface area contributed by atoms with Gasteiger partial charge in [0.1, 0.15) is 0 Å². The quantitative estimate of drug-likeness (QED) is 0.877. The SMILES string of the molecule is COc1cccnc1Oc1ccc(C(F)(F)F)cc1N. The van der Waals surface area contributed by atoms with E-state index in [4.69, 9.17) is 15.2 Å². The van der Waals surface area contributed by atoms with E-state index >= 15 is 0 Å². The topological polar surface area (TPSA) is 57.4 Å². The number of alkyl halides is 3. The van der Waals surface area contributed by atoms with Crippen LogP contribution in [0.3, 0.4) is 0 Å². The maximum absolute atomic E-state index is 12.5. The van der Waals surface area contributed by atoms with Crippen molar-refractivity contribution < 1.29 is 22.6 Å². The lowest BCUT2D eigenvalue weighted by Gasteiger charge is -2.12. The molecule has 1 heterocycles. The summed E-state index contributed by atoms with van der Waals surface area (Å²) in [6, 6.07) is 6.10. The largest absolute Gasteiger partial charge is 0.491 e. The highest BCUT2D eigenvalue weighted by atomic mass is 19.4. The summed E-state index contributed by atoms with van der Waals surface area (Å²) in [4.78, 5) is 3.93. The summed E-state index contributed by atoms with van der Waals surface area (Å²) in [5, 5.41) is 0. The summed E-state index contributed by atoms with van der Waals surface area (Å²) < 4.78 is 47.9. The number of ether oxygens (including phenoxy) is 2. The lowest BCUT2D eigenvalue weighted by Crippen LogP contribution is -2.06. The fourth-order valence-corrected chi connectivity index (χ4v) is 1.53. The molecule has 1 aromatic heterocycles. The molecule has 0 radical (unpaired) electrons. The van der Waals surface area contributed by atoms with Crippen LogP contribution in [-0.4, -0.2) is 12.1 Å². The average molecular weight is 284 g/mol. The Hall–Kier alpha value is -2.44. The first-order chi connectivity index (χ1) is 9.41. The van der Waals surface area contributed by atoms with E-state index in [2.05, 4.69) is 4.98 Å². The van der Waals surface area contributed by atoms with Gasteiger partial charge in [0.15, 0.2) is 11.5 Å². The van der Waals surface area contributed by atoms with E-state index in [0.717, 1.165) is 18.2 Å². The second-order valence-corrected chi connectivity index (χ2v) is 3.86. The zero-order valence-electron chi connectivity index (χ0n) is 10.4. The number of anilines is 1. The predicted octanol–water partition coefficient (Wildman–Crippen LogP) is 3.48. The molecule has 0 saturated heterocycles. The first-order valence-corrected chi connectivity index (χ1v) is 5.55. The number of hydrogen-bond acceptors (Lipinski definition) is 4. The van der Waals surface area contributed by atoms with E-state index in [1.54, 1.807) is 12.1 Å². The molecule has 2 aromatic rings. The summed E-state index contributed by atoms with van der Waals surface area (Å²) >= 11 is 0. The second-order valence-electron chi connectivity index (χ2n) is 3.86. The second kappa shape index (κ2) is 5.28. The van der Waals surface area contributed by atoms with Crippen molar-refractivity contribution in [3.05, 3.63) is 42.1 Å². The van der Waals surface area contributed by atoms with Gasteiger partial charge in [0, 0.05) is 6.20 Å². The van der Waals surface area contributed by atoms with Crippen LogP contribution in [0.2, 0.25) is 0 Å². The standard InChI is InChI=1S/C13H11F3N2O2/c1-19-11-3-2-6-18-12(11)20-10-5-4-8(7-9(10)17)13(14,15)16/h2-7H,17H2,1H3. The van der Waals surface area contributed by atoms with Gasteiger partial charge in [-0.3, -0.25) is 0 Å². The minimum atomic E-state index is -4.45. The van der Waals surface area contributed by atoms with E-state index < -0.39 is 11.7 Å². The van der Waals surface area contributed by atoms with Crippen molar-refractivity contribution in [1.29, 1.82) is 0 Å². The molecular formula is C13H11F3N2O2. The molecule has 0 unspecified atom stereocenters. The average Bonchev–Trinajstić information content (AvgIpc) is 2.40. The molecule has 7 heteroatoms. The van der Waals surface area contributed by atoms with Crippen molar-refractivity contribution in [3.63, 3.8) is 0 Å². The fourth-order valence-electron chi connectivity index (χ4n) is 1.53. The maximum atomic E-state index is 12.5. The molecule has 0 atom stereocenters. The Morgan fingerprint density at radius 1 is 1.15 bits per heavy atom. The number of hydrogen-bond donors (Lipinski definition) is 1. The van der Waals surface area contributed by atoms with Crippen LogP contribution in [0.15, 0.2) is 36.5 Å². The minimum Gasteiger partial charge on any atom is -0.491 e. The molecule has 0 saturated carbocycles. The number of halogens is 3. The zero-order chi connectivity index (χ0) is 14.8. The summed E-state index contributed by atoms with van der Waals surface area (Å²) in [6.45, 7) is 0. The Balaban J connectivity index is 2.31. The van der Waals surface area contributed by atoms with Gasteiger partial charge in [-0.15, -0.1) is 0 Å². The van der Waals surface area contributed by atoms with Gasteiger partial charge in [-0.1, -0.05) is 0 Å². The van der Waals surface area contributed by atoms with Crippen LogP contribution in [0.4, 0.5) is 18.9 Å². The van der Waals surface area contributed by atoms with Crippen molar-refractivity contribution in [2.75, 3.05) is 12.8 Å². The normalized spacial score (nSPS) is 11.2. The van der Waals surface area contributed by atoms with Crippen molar-refractivity contribution >= 4 is 5.69 Å². The number of pyridine rings is 1. The number of nitrogens with zero attached hydrogens (tertiary/aromatic N) is 1. The summed E-state index contributed by atoms with van der Waals surface area (Å²) in [7, 11) is 1.43. The summed E-state index contributed by atoms with van der Waals surface area (Å²) in [5.74, 6) is 0.559. The summed E-state index contributed by atoms with van der Waals surface area (Å²) in [6.07, 6.45) is -2.98. The van der Waals surface area contributed by atoms with E-state index in [-0.39, 0.29) is 17.3 Å². The smallest absolute Gasteiger partial charge is 0.416 e. The van der Waals surface area contributed by atoms with Gasteiger partial charge in [-0.2, -0.15) is 13.2 Å². The lowest BCUT2D eigenvalue weighted by atomic mass is 10.2. The molecule has 2 rings (SSSR count). The molecule has 20 heavy (non-hydrogen) atoms. The van der Waals surface area contributed by atoms with Gasteiger partial charge < -0.3 is 15.2 Å². The number of nitrogens with two attached hydrogens (primary N) is 1. The predicted molar refractivity (Wildman–Crippen MR) is 66.7 cm³/mol. The third-order valence-electron chi connectivity index (χ3n) is 2.50. The van der Waals surface area contributed by atoms with Crippen LogP contribution in [0.25, 0.3) is 0 Å². The van der Waals surface area contributed by atoms with E-state index in [1.807, 2.05) is 0 Å². The molecule has 0 aliphatic heterocycles. The molecular weight excluding hydrogens is 273 g/mol. The number of benzene rings is 1. The van der Waals surface area contributed by atoms with Crippen molar-refractivity contribution in [2.45, 2.75) is 6.18 Å². The van der Waals surface area contributed by atoms with Gasteiger partial charge >= 0.3 is 6.18 Å². The highest BCUT2D eigenvalue weighted by molar-refractivity contribution is 5.56. The fraction of sp³-hybridized carbons (Fsp3) is 0.154. The first-order valence-electron chi connectivity index (χ1n) is 5.55. The van der Waals surface area contributed by atoms with Crippen molar-refractivity contribution in [2.24, 2.45) is 0 Å². The molecule has 0 aliphatic carbocycles. The minimum absolute atomic E-state index is 0.0787. The van der Waals surface area contributed by atoms with Gasteiger partial charge in [-0.25, -0.2) is 4.98 Å². The van der Waals surface area contributed by atoms with E-state index in [1.165, 1.54) is 13.3 Å². The van der Waals surface area contributed by atoms with Crippen molar-refractivity contribution in [1.82, 2.24) is 4.98 Å². The van der Waals surface area contributed by atoms with Crippen LogP contribution in [0.5, 0.6) is 17.4 Å². The summed E-state index contributed by atoms with van der Waals surface area (Å²) in [5.41, 5.74) is 4.59. The van der Waals surface area contributed by atoms with Gasteiger partial charge in [-0.05, 0) is 30.3 Å². The molecule has 0 bridgehead atoms. The molecule has 0 amide bonds. The van der Waals surface area contributed by atoms with Crippen LogP contribution in [0.1, 0.15) is 5.56 Å². The third-order valence-corrected chi connectivity index (χ3v) is 2.50. The number of rotatable bonds is 3. The van der Waals surface area contributed by atoms with Gasteiger partial charge in [0.05, 0.1) is 18.4 Å². The number of aromatic nitrogens is 1. The molecule has 0 spiro atoms. The highest BCUT2D eigenvalue weighted by Gasteiger charge is 2.31. The Morgan fingerprint density at radius 3 is 2.50 bits per heavy atom. The van der Waals surface area contributed by atoms with Crippen molar-refractivity contribution in [3.8, 4) is 17.4 Å². The number of nitrogen functional groups attached to an aromatic ring is 1. The zero-order valence-corrected chi connectivity index (χ0v) is 10.4. The monoisotopic (exact) mass is 284 g/mol.